The lowest BCUT2D eigenvalue weighted by Gasteiger charge is -2.40. The Labute approximate surface area is 230 Å². The van der Waals surface area contributed by atoms with E-state index in [4.69, 9.17) is 41.3 Å². The van der Waals surface area contributed by atoms with Gasteiger partial charge in [0.2, 0.25) is 0 Å². The highest BCUT2D eigenvalue weighted by atomic mass is 16.7. The Balaban J connectivity index is 1.95. The van der Waals surface area contributed by atoms with E-state index in [1.807, 2.05) is 27.7 Å². The zero-order valence-corrected chi connectivity index (χ0v) is 23.5. The number of aromatic nitrogens is 1. The van der Waals surface area contributed by atoms with Crippen LogP contribution in [0.15, 0.2) is 6.20 Å². The number of hydrogen-bond donors (Lipinski definition) is 1. The van der Waals surface area contributed by atoms with Crippen LogP contribution in [-0.4, -0.2) is 67.5 Å². The van der Waals surface area contributed by atoms with Crippen LogP contribution in [0.1, 0.15) is 57.4 Å². The van der Waals surface area contributed by atoms with E-state index in [0.717, 1.165) is 0 Å². The molecule has 0 unspecified atom stereocenters. The fraction of sp³-hybridized carbons (Fsp3) is 0.621. The molecule has 214 valence electrons. The van der Waals surface area contributed by atoms with E-state index in [9.17, 15) is 14.7 Å². The average Bonchev–Trinajstić information content (AvgIpc) is 2.88. The Kier molecular flexibility index (Phi) is 11.8. The van der Waals surface area contributed by atoms with Gasteiger partial charge in [0.1, 0.15) is 25.6 Å². The van der Waals surface area contributed by atoms with Crippen LogP contribution in [0.4, 0.5) is 0 Å². The van der Waals surface area contributed by atoms with Crippen molar-refractivity contribution in [2.45, 2.75) is 66.5 Å². The van der Waals surface area contributed by atoms with Crippen LogP contribution in [-0.2, 0) is 51.2 Å². The molecule has 1 aromatic rings. The van der Waals surface area contributed by atoms with Crippen molar-refractivity contribution in [1.82, 2.24) is 4.98 Å². The lowest BCUT2D eigenvalue weighted by atomic mass is 9.94. The fourth-order valence-corrected chi connectivity index (χ4v) is 3.48. The van der Waals surface area contributed by atoms with Gasteiger partial charge >= 0.3 is 11.9 Å². The molecule has 0 radical (unpaired) electrons. The molecule has 0 aliphatic carbocycles. The molecular formula is C29H39NO9. The first kappa shape index (κ1) is 32.1. The number of nitrogens with zero attached hydrogens (tertiary/aromatic N) is 1. The number of carbonyl (C=O) groups excluding carboxylic acids is 2. The summed E-state index contributed by atoms with van der Waals surface area (Å²) < 4.78 is 33.2. The summed E-state index contributed by atoms with van der Waals surface area (Å²) in [5, 5.41) is 10.6. The highest BCUT2D eigenvalue weighted by Gasteiger charge is 2.48. The maximum absolute atomic E-state index is 13.0. The molecular weight excluding hydrogens is 506 g/mol. The summed E-state index contributed by atoms with van der Waals surface area (Å²) in [6.45, 7) is 10.2. The number of esters is 2. The predicted octanol–water partition coefficient (Wildman–Crippen LogP) is 3.06. The van der Waals surface area contributed by atoms with Crippen molar-refractivity contribution in [2.24, 2.45) is 10.8 Å². The predicted molar refractivity (Wildman–Crippen MR) is 141 cm³/mol. The molecule has 0 amide bonds. The quantitative estimate of drug-likeness (QED) is 0.212. The first-order chi connectivity index (χ1) is 18.3. The lowest BCUT2D eigenvalue weighted by Crippen LogP contribution is -2.53. The molecule has 10 heteroatoms. The molecule has 2 rings (SSSR count). The van der Waals surface area contributed by atoms with Crippen LogP contribution in [0.2, 0.25) is 0 Å². The van der Waals surface area contributed by atoms with E-state index in [1.165, 1.54) is 6.20 Å². The van der Waals surface area contributed by atoms with Crippen LogP contribution in [0.25, 0.3) is 0 Å². The first-order valence-electron chi connectivity index (χ1n) is 12.6. The molecule has 1 aromatic heterocycles. The molecule has 0 aromatic carbocycles. The average molecular weight is 546 g/mol. The van der Waals surface area contributed by atoms with Crippen molar-refractivity contribution < 1.29 is 43.1 Å². The molecule has 1 aliphatic heterocycles. The Morgan fingerprint density at radius 1 is 1.10 bits per heavy atom. The summed E-state index contributed by atoms with van der Waals surface area (Å²) >= 11 is 0. The zero-order chi connectivity index (χ0) is 29.1. The second kappa shape index (κ2) is 14.3. The van der Waals surface area contributed by atoms with Gasteiger partial charge < -0.3 is 33.5 Å². The minimum atomic E-state index is -1.73. The van der Waals surface area contributed by atoms with Crippen LogP contribution in [0, 0.1) is 42.4 Å². The van der Waals surface area contributed by atoms with E-state index < -0.39 is 17.7 Å². The normalized spacial score (nSPS) is 16.1. The third-order valence-electron chi connectivity index (χ3n) is 5.80. The largest absolute Gasteiger partial charge is 0.506 e. The molecule has 10 nitrogen and oxygen atoms in total. The van der Waals surface area contributed by atoms with E-state index in [2.05, 4.69) is 16.8 Å². The van der Waals surface area contributed by atoms with E-state index >= 15 is 0 Å². The van der Waals surface area contributed by atoms with Gasteiger partial charge in [-0.3, -0.25) is 4.98 Å². The van der Waals surface area contributed by atoms with Crippen LogP contribution in [0.5, 0.6) is 5.75 Å². The first-order valence-corrected chi connectivity index (χ1v) is 12.6. The van der Waals surface area contributed by atoms with Gasteiger partial charge in [-0.25, -0.2) is 9.59 Å². The molecule has 0 saturated carbocycles. The topological polar surface area (TPSA) is 123 Å². The minimum Gasteiger partial charge on any atom is -0.506 e. The fourth-order valence-electron chi connectivity index (χ4n) is 3.48. The maximum Gasteiger partial charge on any atom is 0.368 e. The van der Waals surface area contributed by atoms with Crippen molar-refractivity contribution in [3.8, 4) is 30.4 Å². The van der Waals surface area contributed by atoms with Gasteiger partial charge in [-0.1, -0.05) is 27.7 Å². The van der Waals surface area contributed by atoms with E-state index in [-0.39, 0.29) is 68.2 Å². The van der Waals surface area contributed by atoms with Gasteiger partial charge in [-0.2, -0.15) is 0 Å². The van der Waals surface area contributed by atoms with Crippen LogP contribution < -0.4 is 0 Å². The molecule has 1 aliphatic rings. The number of carbonyl (C=O) groups is 2. The van der Waals surface area contributed by atoms with Crippen molar-refractivity contribution in [1.29, 1.82) is 0 Å². The number of hydrogen-bond acceptors (Lipinski definition) is 10. The number of aryl methyl sites for hydroxylation is 1. The monoisotopic (exact) mass is 545 g/mol. The van der Waals surface area contributed by atoms with Crippen molar-refractivity contribution >= 4 is 11.9 Å². The molecule has 0 spiro atoms. The maximum atomic E-state index is 13.0. The van der Waals surface area contributed by atoms with Gasteiger partial charge in [0.15, 0.2) is 0 Å². The SMILES string of the molecule is C#CCCOCC(C)(C)COCC(=O)OCc1cnc(C)c(O)c1COC(=O)C1(CC#C)OCC(C)(C)CO1. The highest BCUT2D eigenvalue weighted by molar-refractivity contribution is 5.78. The van der Waals surface area contributed by atoms with Crippen LogP contribution >= 0.6 is 0 Å². The number of terminal acetylenes is 2. The highest BCUT2D eigenvalue weighted by Crippen LogP contribution is 2.33. The van der Waals surface area contributed by atoms with E-state index in [1.54, 1.807) is 6.92 Å². The van der Waals surface area contributed by atoms with Crippen molar-refractivity contribution in [3.05, 3.63) is 23.0 Å². The number of pyridine rings is 1. The summed E-state index contributed by atoms with van der Waals surface area (Å²) in [6, 6.07) is 0. The number of rotatable bonds is 14. The zero-order valence-electron chi connectivity index (χ0n) is 23.5. The molecule has 1 N–H and O–H groups in total. The smallest absolute Gasteiger partial charge is 0.368 e. The Morgan fingerprint density at radius 2 is 1.77 bits per heavy atom. The third kappa shape index (κ3) is 9.83. The lowest BCUT2D eigenvalue weighted by molar-refractivity contribution is -0.293. The Morgan fingerprint density at radius 3 is 2.41 bits per heavy atom. The van der Waals surface area contributed by atoms with Crippen LogP contribution in [0.3, 0.4) is 0 Å². The van der Waals surface area contributed by atoms with Gasteiger partial charge in [-0.15, -0.1) is 24.7 Å². The summed E-state index contributed by atoms with van der Waals surface area (Å²) in [5.41, 5.74) is 0.305. The molecule has 0 atom stereocenters. The molecule has 39 heavy (non-hydrogen) atoms. The standard InChI is InChI=1S/C29H39NO9/c1-8-10-12-34-17-27(4,5)18-35-16-24(31)36-14-22-13-30-21(3)25(32)23(22)15-37-26(33)29(11-9-2)38-19-28(6,7)20-39-29/h1-2,13,32H,10-12,14-20H2,3-7H3. The minimum absolute atomic E-state index is 0.137. The molecule has 2 heterocycles. The number of ether oxygens (including phenoxy) is 6. The summed E-state index contributed by atoms with van der Waals surface area (Å²) in [6.07, 6.45) is 12.5. The van der Waals surface area contributed by atoms with Crippen molar-refractivity contribution in [3.63, 3.8) is 0 Å². The number of aromatic hydroxyl groups is 1. The van der Waals surface area contributed by atoms with Gasteiger partial charge in [0.25, 0.3) is 5.79 Å². The van der Waals surface area contributed by atoms with Gasteiger partial charge in [-0.05, 0) is 6.92 Å². The summed E-state index contributed by atoms with van der Waals surface area (Å²) in [7, 11) is 0. The second-order valence-electron chi connectivity index (χ2n) is 11.0. The Hall–Kier alpha value is -3.15. The Bertz CT molecular complexity index is 1070. The van der Waals surface area contributed by atoms with Gasteiger partial charge in [0, 0.05) is 34.6 Å². The molecule has 1 saturated heterocycles. The summed E-state index contributed by atoms with van der Waals surface area (Å²) in [4.78, 5) is 29.4. The molecule has 0 bridgehead atoms. The summed E-state index contributed by atoms with van der Waals surface area (Å²) in [5.74, 6) is 1.57. The van der Waals surface area contributed by atoms with Crippen molar-refractivity contribution in [2.75, 3.05) is 39.6 Å². The second-order valence-corrected chi connectivity index (χ2v) is 11.0. The van der Waals surface area contributed by atoms with Gasteiger partial charge in [0.05, 0.1) is 45.1 Å². The molecule has 1 fully saturated rings. The third-order valence-corrected chi connectivity index (χ3v) is 5.80. The van der Waals surface area contributed by atoms with E-state index in [0.29, 0.717) is 30.9 Å².